The molecule has 7 heteroatoms. The van der Waals surface area contributed by atoms with Crippen LogP contribution in [0, 0.1) is 5.92 Å². The third-order valence-electron chi connectivity index (χ3n) is 6.05. The Morgan fingerprint density at radius 3 is 2.38 bits per heavy atom. The number of carbonyl (C=O) groups is 3. The van der Waals surface area contributed by atoms with Crippen LogP contribution in [0.15, 0.2) is 60.7 Å². The van der Waals surface area contributed by atoms with Gasteiger partial charge in [-0.05, 0) is 35.1 Å². The van der Waals surface area contributed by atoms with E-state index in [2.05, 4.69) is 29.6 Å². The average Bonchev–Trinajstić information content (AvgIpc) is 3.14. The Morgan fingerprint density at radius 1 is 1.06 bits per heavy atom. The molecule has 0 aromatic heterocycles. The zero-order valence-electron chi connectivity index (χ0n) is 17.7. The van der Waals surface area contributed by atoms with Crippen LogP contribution in [0.3, 0.4) is 0 Å². The van der Waals surface area contributed by atoms with Crippen molar-refractivity contribution in [2.24, 2.45) is 5.92 Å². The van der Waals surface area contributed by atoms with Crippen molar-refractivity contribution >= 4 is 18.0 Å². The van der Waals surface area contributed by atoms with Crippen molar-refractivity contribution in [2.75, 3.05) is 26.2 Å². The monoisotopic (exact) mass is 434 g/mol. The molecule has 0 radical (unpaired) electrons. The molecule has 2 amide bonds. The second-order valence-corrected chi connectivity index (χ2v) is 8.07. The van der Waals surface area contributed by atoms with Gasteiger partial charge in [0.1, 0.15) is 6.61 Å². The lowest BCUT2D eigenvalue weighted by Gasteiger charge is -2.29. The highest BCUT2D eigenvalue weighted by molar-refractivity contribution is 5.88. The van der Waals surface area contributed by atoms with E-state index in [0.717, 1.165) is 11.1 Å². The van der Waals surface area contributed by atoms with Crippen molar-refractivity contribution < 1.29 is 24.2 Å². The Balaban J connectivity index is 1.26. The van der Waals surface area contributed by atoms with Crippen LogP contribution in [0.4, 0.5) is 4.79 Å². The zero-order chi connectivity index (χ0) is 22.5. The smallest absolute Gasteiger partial charge is 0.407 e. The van der Waals surface area contributed by atoms with Gasteiger partial charge >= 0.3 is 12.1 Å². The SMILES string of the molecule is O=C(NC/C=C/C(=O)N1CCCC(C(=O)O)C1)OCC1c2ccccc2-c2ccccc21. The number of ether oxygens (including phenoxy) is 1. The molecule has 2 aromatic carbocycles. The molecule has 0 bridgehead atoms. The average molecular weight is 434 g/mol. The number of nitrogens with zero attached hydrogens (tertiary/aromatic N) is 1. The van der Waals surface area contributed by atoms with Gasteiger partial charge in [-0.25, -0.2) is 4.79 Å². The fourth-order valence-electron chi connectivity index (χ4n) is 4.44. The molecule has 2 aliphatic rings. The molecule has 1 atom stereocenters. The molecule has 32 heavy (non-hydrogen) atoms. The first kappa shape index (κ1) is 21.6. The number of nitrogens with one attached hydrogen (secondary N) is 1. The Bertz CT molecular complexity index is 1000. The first-order valence-corrected chi connectivity index (χ1v) is 10.8. The summed E-state index contributed by atoms with van der Waals surface area (Å²) in [5.41, 5.74) is 4.63. The molecule has 1 heterocycles. The lowest BCUT2D eigenvalue weighted by molar-refractivity contribution is -0.144. The predicted molar refractivity (Wildman–Crippen MR) is 119 cm³/mol. The first-order chi connectivity index (χ1) is 15.5. The van der Waals surface area contributed by atoms with Gasteiger partial charge in [0.2, 0.25) is 5.91 Å². The molecule has 2 N–H and O–H groups in total. The normalized spacial score (nSPS) is 17.6. The van der Waals surface area contributed by atoms with Crippen LogP contribution in [0.5, 0.6) is 0 Å². The summed E-state index contributed by atoms with van der Waals surface area (Å²) in [6.45, 7) is 1.15. The Labute approximate surface area is 186 Å². The van der Waals surface area contributed by atoms with Gasteiger partial charge in [0.25, 0.3) is 0 Å². The van der Waals surface area contributed by atoms with E-state index in [1.165, 1.54) is 22.1 Å². The lowest BCUT2D eigenvalue weighted by Crippen LogP contribution is -2.41. The summed E-state index contributed by atoms with van der Waals surface area (Å²) in [5, 5.41) is 11.8. The van der Waals surface area contributed by atoms with E-state index in [4.69, 9.17) is 9.84 Å². The number of aliphatic carboxylic acids is 1. The zero-order valence-corrected chi connectivity index (χ0v) is 17.7. The number of likely N-dealkylation sites (tertiary alicyclic amines) is 1. The van der Waals surface area contributed by atoms with E-state index < -0.39 is 18.0 Å². The van der Waals surface area contributed by atoms with Crippen LogP contribution in [0.2, 0.25) is 0 Å². The highest BCUT2D eigenvalue weighted by atomic mass is 16.5. The molecule has 0 saturated carbocycles. The maximum atomic E-state index is 12.2. The number of fused-ring (bicyclic) bond motifs is 3. The summed E-state index contributed by atoms with van der Waals surface area (Å²) < 4.78 is 5.46. The van der Waals surface area contributed by atoms with Gasteiger partial charge in [-0.2, -0.15) is 0 Å². The van der Waals surface area contributed by atoms with Crippen LogP contribution in [-0.4, -0.2) is 54.2 Å². The number of hydrogen-bond acceptors (Lipinski definition) is 4. The maximum absolute atomic E-state index is 12.2. The van der Waals surface area contributed by atoms with Crippen LogP contribution >= 0.6 is 0 Å². The van der Waals surface area contributed by atoms with E-state index in [1.807, 2.05) is 24.3 Å². The molecule has 166 valence electrons. The number of carbonyl (C=O) groups excluding carboxylic acids is 2. The van der Waals surface area contributed by atoms with E-state index in [1.54, 1.807) is 6.08 Å². The summed E-state index contributed by atoms with van der Waals surface area (Å²) in [6, 6.07) is 16.3. The highest BCUT2D eigenvalue weighted by Gasteiger charge is 2.29. The van der Waals surface area contributed by atoms with E-state index in [0.29, 0.717) is 19.4 Å². The third kappa shape index (κ3) is 4.66. The fourth-order valence-corrected chi connectivity index (χ4v) is 4.44. The second kappa shape index (κ2) is 9.68. The number of piperidine rings is 1. The van der Waals surface area contributed by atoms with Crippen molar-refractivity contribution in [3.8, 4) is 11.1 Å². The quantitative estimate of drug-likeness (QED) is 0.680. The Hall–Kier alpha value is -3.61. The fraction of sp³-hybridized carbons (Fsp3) is 0.320. The molecule has 4 rings (SSSR count). The van der Waals surface area contributed by atoms with Crippen molar-refractivity contribution in [1.82, 2.24) is 10.2 Å². The third-order valence-corrected chi connectivity index (χ3v) is 6.05. The minimum atomic E-state index is -0.872. The maximum Gasteiger partial charge on any atom is 0.407 e. The molecular weight excluding hydrogens is 408 g/mol. The number of carboxylic acids is 1. The largest absolute Gasteiger partial charge is 0.481 e. The van der Waals surface area contributed by atoms with Gasteiger partial charge in [0, 0.05) is 31.6 Å². The molecule has 2 aromatic rings. The van der Waals surface area contributed by atoms with Crippen molar-refractivity contribution in [1.29, 1.82) is 0 Å². The molecule has 7 nitrogen and oxygen atoms in total. The number of alkyl carbamates (subject to hydrolysis) is 1. The van der Waals surface area contributed by atoms with Gasteiger partial charge in [0.15, 0.2) is 0 Å². The number of rotatable bonds is 6. The summed E-state index contributed by atoms with van der Waals surface area (Å²) >= 11 is 0. The van der Waals surface area contributed by atoms with Gasteiger partial charge in [-0.15, -0.1) is 0 Å². The molecule has 1 aliphatic carbocycles. The summed E-state index contributed by atoms with van der Waals surface area (Å²) in [4.78, 5) is 37.1. The first-order valence-electron chi connectivity index (χ1n) is 10.8. The lowest BCUT2D eigenvalue weighted by atomic mass is 9.98. The van der Waals surface area contributed by atoms with Crippen LogP contribution in [0.1, 0.15) is 29.9 Å². The topological polar surface area (TPSA) is 95.9 Å². The van der Waals surface area contributed by atoms with Crippen molar-refractivity contribution in [3.05, 3.63) is 71.8 Å². The summed E-state index contributed by atoms with van der Waals surface area (Å²) in [7, 11) is 0. The highest BCUT2D eigenvalue weighted by Crippen LogP contribution is 2.44. The Kier molecular flexibility index (Phi) is 6.54. The van der Waals surface area contributed by atoms with Crippen LogP contribution in [-0.2, 0) is 14.3 Å². The molecule has 1 fully saturated rings. The number of carboxylic acid groups (broad SMARTS) is 1. The predicted octanol–water partition coefficient (Wildman–Crippen LogP) is 3.40. The van der Waals surface area contributed by atoms with Crippen molar-refractivity contribution in [3.63, 3.8) is 0 Å². The second-order valence-electron chi connectivity index (χ2n) is 8.07. The van der Waals surface area contributed by atoms with Gasteiger partial charge in [-0.1, -0.05) is 54.6 Å². The minimum Gasteiger partial charge on any atom is -0.481 e. The summed E-state index contributed by atoms with van der Waals surface area (Å²) in [6.07, 6.45) is 3.64. The number of benzene rings is 2. The Morgan fingerprint density at radius 2 is 1.72 bits per heavy atom. The van der Waals surface area contributed by atoms with Crippen LogP contribution < -0.4 is 5.32 Å². The van der Waals surface area contributed by atoms with Gasteiger partial charge < -0.3 is 20.1 Å². The molecule has 1 saturated heterocycles. The van der Waals surface area contributed by atoms with E-state index in [-0.39, 0.29) is 31.5 Å². The van der Waals surface area contributed by atoms with Gasteiger partial charge in [0.05, 0.1) is 5.92 Å². The van der Waals surface area contributed by atoms with Gasteiger partial charge in [-0.3, -0.25) is 9.59 Å². The van der Waals surface area contributed by atoms with Crippen molar-refractivity contribution in [2.45, 2.75) is 18.8 Å². The molecule has 1 aliphatic heterocycles. The summed E-state index contributed by atoms with van der Waals surface area (Å²) in [5.74, 6) is -1.64. The number of hydrogen-bond donors (Lipinski definition) is 2. The van der Waals surface area contributed by atoms with Crippen LogP contribution in [0.25, 0.3) is 11.1 Å². The minimum absolute atomic E-state index is 0.00782. The molecule has 0 spiro atoms. The van der Waals surface area contributed by atoms with E-state index in [9.17, 15) is 14.4 Å². The molecule has 1 unspecified atom stereocenters. The molecular formula is C25H26N2O5. The number of amides is 2. The van der Waals surface area contributed by atoms with E-state index >= 15 is 0 Å². The standard InChI is InChI=1S/C25H26N2O5/c28-23(27-14-6-7-17(15-27)24(29)30)12-5-13-26-25(31)32-16-22-20-10-3-1-8-18(20)19-9-2-4-11-21(19)22/h1-5,8-12,17,22H,6-7,13-16H2,(H,26,31)(H,29,30)/b12-5+.